The molecule has 1 N–H and O–H groups in total. The van der Waals surface area contributed by atoms with E-state index in [4.69, 9.17) is 0 Å². The molecule has 0 fully saturated rings. The van der Waals surface area contributed by atoms with Gasteiger partial charge in [-0.3, -0.25) is 9.88 Å². The average molecular weight is 249 g/mol. The molecule has 1 atom stereocenters. The summed E-state index contributed by atoms with van der Waals surface area (Å²) >= 11 is 0. The molecule has 0 amide bonds. The summed E-state index contributed by atoms with van der Waals surface area (Å²) in [6.07, 6.45) is 3.01. The molecule has 3 nitrogen and oxygen atoms in total. The molecule has 102 valence electrons. The Labute approximate surface area is 112 Å². The lowest BCUT2D eigenvalue weighted by Crippen LogP contribution is -2.39. The van der Waals surface area contributed by atoms with Crippen LogP contribution in [-0.4, -0.2) is 35.1 Å². The standard InChI is InChI=1S/C15H27N3/c1-13(9-11-17-15(2,3)4)18(5)12-14-8-6-7-10-16-14/h6-8,10,13,17H,9,11-12H2,1-5H3. The van der Waals surface area contributed by atoms with Gasteiger partial charge in [0.25, 0.3) is 0 Å². The van der Waals surface area contributed by atoms with Gasteiger partial charge in [0.2, 0.25) is 0 Å². The molecular weight excluding hydrogens is 222 g/mol. The quantitative estimate of drug-likeness (QED) is 0.840. The highest BCUT2D eigenvalue weighted by Gasteiger charge is 2.12. The summed E-state index contributed by atoms with van der Waals surface area (Å²) in [6, 6.07) is 6.64. The van der Waals surface area contributed by atoms with E-state index in [9.17, 15) is 0 Å². The van der Waals surface area contributed by atoms with Gasteiger partial charge in [0, 0.05) is 24.3 Å². The molecule has 0 aliphatic carbocycles. The van der Waals surface area contributed by atoms with E-state index in [1.54, 1.807) is 0 Å². The van der Waals surface area contributed by atoms with E-state index >= 15 is 0 Å². The maximum atomic E-state index is 4.36. The van der Waals surface area contributed by atoms with Crippen LogP contribution in [0.3, 0.4) is 0 Å². The number of hydrogen-bond donors (Lipinski definition) is 1. The molecule has 1 heterocycles. The molecule has 0 saturated heterocycles. The van der Waals surface area contributed by atoms with Gasteiger partial charge in [-0.25, -0.2) is 0 Å². The smallest absolute Gasteiger partial charge is 0.0543 e. The molecule has 1 aromatic rings. The Hall–Kier alpha value is -0.930. The Balaban J connectivity index is 2.31. The fourth-order valence-electron chi connectivity index (χ4n) is 1.78. The fourth-order valence-corrected chi connectivity index (χ4v) is 1.78. The van der Waals surface area contributed by atoms with Crippen LogP contribution in [-0.2, 0) is 6.54 Å². The van der Waals surface area contributed by atoms with Crippen molar-refractivity contribution < 1.29 is 0 Å². The normalized spacial score (nSPS) is 13.9. The first-order valence-electron chi connectivity index (χ1n) is 6.73. The minimum Gasteiger partial charge on any atom is -0.312 e. The lowest BCUT2D eigenvalue weighted by atomic mass is 10.1. The van der Waals surface area contributed by atoms with Crippen LogP contribution in [0.4, 0.5) is 0 Å². The zero-order chi connectivity index (χ0) is 13.6. The van der Waals surface area contributed by atoms with Gasteiger partial charge < -0.3 is 5.32 Å². The Morgan fingerprint density at radius 1 is 1.33 bits per heavy atom. The SMILES string of the molecule is CC(CCNC(C)(C)C)N(C)Cc1ccccn1. The van der Waals surface area contributed by atoms with Crippen LogP contribution in [0, 0.1) is 0 Å². The Morgan fingerprint density at radius 3 is 2.61 bits per heavy atom. The van der Waals surface area contributed by atoms with Crippen LogP contribution in [0.5, 0.6) is 0 Å². The number of pyridine rings is 1. The van der Waals surface area contributed by atoms with Gasteiger partial charge in [0.1, 0.15) is 0 Å². The van der Waals surface area contributed by atoms with Crippen LogP contribution in [0.2, 0.25) is 0 Å². The molecule has 18 heavy (non-hydrogen) atoms. The minimum absolute atomic E-state index is 0.208. The highest BCUT2D eigenvalue weighted by Crippen LogP contribution is 2.07. The summed E-state index contributed by atoms with van der Waals surface area (Å²) in [7, 11) is 2.16. The lowest BCUT2D eigenvalue weighted by molar-refractivity contribution is 0.229. The molecule has 1 rings (SSSR count). The van der Waals surface area contributed by atoms with Crippen molar-refractivity contribution in [2.75, 3.05) is 13.6 Å². The summed E-state index contributed by atoms with van der Waals surface area (Å²) in [5.74, 6) is 0. The number of aromatic nitrogens is 1. The van der Waals surface area contributed by atoms with Crippen molar-refractivity contribution >= 4 is 0 Å². The van der Waals surface area contributed by atoms with Crippen LogP contribution in [0.1, 0.15) is 39.8 Å². The van der Waals surface area contributed by atoms with E-state index < -0.39 is 0 Å². The van der Waals surface area contributed by atoms with Crippen LogP contribution >= 0.6 is 0 Å². The maximum Gasteiger partial charge on any atom is 0.0543 e. The van der Waals surface area contributed by atoms with Gasteiger partial charge >= 0.3 is 0 Å². The van der Waals surface area contributed by atoms with Crippen LogP contribution < -0.4 is 5.32 Å². The minimum atomic E-state index is 0.208. The zero-order valence-corrected chi connectivity index (χ0v) is 12.4. The fraction of sp³-hybridized carbons (Fsp3) is 0.667. The van der Waals surface area contributed by atoms with E-state index in [2.05, 4.69) is 56.0 Å². The molecule has 0 aliphatic rings. The van der Waals surface area contributed by atoms with Crippen molar-refractivity contribution in [2.24, 2.45) is 0 Å². The van der Waals surface area contributed by atoms with Crippen molar-refractivity contribution in [3.63, 3.8) is 0 Å². The molecular formula is C15H27N3. The molecule has 1 aromatic heterocycles. The van der Waals surface area contributed by atoms with Crippen LogP contribution in [0.25, 0.3) is 0 Å². The van der Waals surface area contributed by atoms with Crippen LogP contribution in [0.15, 0.2) is 24.4 Å². The molecule has 0 saturated carbocycles. The summed E-state index contributed by atoms with van der Waals surface area (Å²) in [5.41, 5.74) is 1.34. The van der Waals surface area contributed by atoms with E-state index in [0.29, 0.717) is 6.04 Å². The first-order chi connectivity index (χ1) is 8.38. The van der Waals surface area contributed by atoms with Crippen molar-refractivity contribution in [3.05, 3.63) is 30.1 Å². The predicted molar refractivity (Wildman–Crippen MR) is 77.5 cm³/mol. The van der Waals surface area contributed by atoms with Gasteiger partial charge in [0.15, 0.2) is 0 Å². The summed E-state index contributed by atoms with van der Waals surface area (Å²) < 4.78 is 0. The Kier molecular flexibility index (Phi) is 5.76. The van der Waals surface area contributed by atoms with Gasteiger partial charge in [-0.1, -0.05) is 6.07 Å². The van der Waals surface area contributed by atoms with Crippen molar-refractivity contribution in [2.45, 2.75) is 52.2 Å². The number of nitrogens with one attached hydrogen (secondary N) is 1. The largest absolute Gasteiger partial charge is 0.312 e. The monoisotopic (exact) mass is 249 g/mol. The Morgan fingerprint density at radius 2 is 2.06 bits per heavy atom. The van der Waals surface area contributed by atoms with E-state index in [1.807, 2.05) is 18.3 Å². The van der Waals surface area contributed by atoms with Gasteiger partial charge in [-0.05, 0) is 59.8 Å². The third-order valence-corrected chi connectivity index (χ3v) is 3.11. The second-order valence-electron chi connectivity index (χ2n) is 6.05. The third kappa shape index (κ3) is 6.12. The maximum absolute atomic E-state index is 4.36. The first-order valence-corrected chi connectivity index (χ1v) is 6.73. The van der Waals surface area contributed by atoms with Gasteiger partial charge in [-0.2, -0.15) is 0 Å². The molecule has 3 heteroatoms. The summed E-state index contributed by atoms with van der Waals surface area (Å²) in [4.78, 5) is 6.72. The predicted octanol–water partition coefficient (Wildman–Crippen LogP) is 2.68. The van der Waals surface area contributed by atoms with Crippen molar-refractivity contribution in [1.82, 2.24) is 15.2 Å². The summed E-state index contributed by atoms with van der Waals surface area (Å²) in [6.45, 7) is 10.8. The average Bonchev–Trinajstić information content (AvgIpc) is 2.28. The third-order valence-electron chi connectivity index (χ3n) is 3.11. The van der Waals surface area contributed by atoms with E-state index in [-0.39, 0.29) is 5.54 Å². The molecule has 0 bridgehead atoms. The van der Waals surface area contributed by atoms with E-state index in [1.165, 1.54) is 0 Å². The van der Waals surface area contributed by atoms with E-state index in [0.717, 1.165) is 25.2 Å². The molecule has 1 unspecified atom stereocenters. The van der Waals surface area contributed by atoms with Crippen molar-refractivity contribution in [1.29, 1.82) is 0 Å². The second kappa shape index (κ2) is 6.86. The number of nitrogens with zero attached hydrogens (tertiary/aromatic N) is 2. The van der Waals surface area contributed by atoms with Crippen molar-refractivity contribution in [3.8, 4) is 0 Å². The van der Waals surface area contributed by atoms with Gasteiger partial charge in [-0.15, -0.1) is 0 Å². The second-order valence-corrected chi connectivity index (χ2v) is 6.05. The molecule has 0 aromatic carbocycles. The topological polar surface area (TPSA) is 28.2 Å². The van der Waals surface area contributed by atoms with Gasteiger partial charge in [0.05, 0.1) is 5.69 Å². The first kappa shape index (κ1) is 15.1. The molecule has 0 spiro atoms. The highest BCUT2D eigenvalue weighted by molar-refractivity contribution is 5.03. The summed E-state index contributed by atoms with van der Waals surface area (Å²) in [5, 5.41) is 3.53. The molecule has 0 aliphatic heterocycles. The number of rotatable bonds is 6. The Bertz CT molecular complexity index is 329. The zero-order valence-electron chi connectivity index (χ0n) is 12.4. The molecule has 0 radical (unpaired) electrons. The number of hydrogen-bond acceptors (Lipinski definition) is 3. The lowest BCUT2D eigenvalue weighted by Gasteiger charge is -2.27. The highest BCUT2D eigenvalue weighted by atomic mass is 15.1.